The second kappa shape index (κ2) is 8.57. The number of amides is 1. The predicted octanol–water partition coefficient (Wildman–Crippen LogP) is 1.28. The van der Waals surface area contributed by atoms with Crippen molar-refractivity contribution in [3.63, 3.8) is 0 Å². The van der Waals surface area contributed by atoms with Gasteiger partial charge >= 0.3 is 5.97 Å². The summed E-state index contributed by atoms with van der Waals surface area (Å²) in [6, 6.07) is 6.18. The van der Waals surface area contributed by atoms with E-state index in [9.17, 15) is 24.9 Å². The van der Waals surface area contributed by atoms with Crippen molar-refractivity contribution in [1.29, 1.82) is 0 Å². The number of aliphatic hydroxyl groups excluding tert-OH is 2. The van der Waals surface area contributed by atoms with E-state index in [1.807, 2.05) is 19.1 Å². The third-order valence-corrected chi connectivity index (χ3v) is 6.05. The molecule has 4 N–H and O–H groups in total. The number of carboxylic acids is 1. The van der Waals surface area contributed by atoms with E-state index in [0.29, 0.717) is 17.1 Å². The SMILES string of the molecule is Cc1ccc([C@H](O)C(CO)NC(=O)C2=C(C(=O)O)SCCS2)cc1. The maximum Gasteiger partial charge on any atom is 0.343 e. The Morgan fingerprint density at radius 3 is 2.29 bits per heavy atom. The lowest BCUT2D eigenvalue weighted by molar-refractivity contribution is -0.132. The molecule has 0 fully saturated rings. The first-order valence-electron chi connectivity index (χ1n) is 7.33. The number of aliphatic carboxylic acids is 1. The summed E-state index contributed by atoms with van der Waals surface area (Å²) in [5, 5.41) is 31.6. The van der Waals surface area contributed by atoms with E-state index in [0.717, 1.165) is 17.3 Å². The molecular weight excluding hydrogens is 350 g/mol. The van der Waals surface area contributed by atoms with Crippen molar-refractivity contribution in [3.8, 4) is 0 Å². The van der Waals surface area contributed by atoms with Crippen LogP contribution in [0, 0.1) is 6.92 Å². The lowest BCUT2D eigenvalue weighted by Crippen LogP contribution is -2.42. The van der Waals surface area contributed by atoms with Crippen LogP contribution in [0.25, 0.3) is 0 Å². The number of hydrogen-bond acceptors (Lipinski definition) is 6. The minimum absolute atomic E-state index is 0.00488. The van der Waals surface area contributed by atoms with Crippen molar-refractivity contribution in [1.82, 2.24) is 5.32 Å². The molecule has 1 aromatic rings. The first kappa shape index (κ1) is 18.9. The predicted molar refractivity (Wildman–Crippen MR) is 94.7 cm³/mol. The minimum atomic E-state index is -1.14. The number of nitrogens with one attached hydrogen (secondary N) is 1. The molecule has 0 bridgehead atoms. The maximum absolute atomic E-state index is 12.4. The highest BCUT2D eigenvalue weighted by atomic mass is 32.2. The Kier molecular flexibility index (Phi) is 6.73. The quantitative estimate of drug-likeness (QED) is 0.598. The van der Waals surface area contributed by atoms with Gasteiger partial charge in [0.2, 0.25) is 0 Å². The molecular formula is C16H19NO5S2. The van der Waals surface area contributed by atoms with Crippen molar-refractivity contribution in [2.45, 2.75) is 19.1 Å². The van der Waals surface area contributed by atoms with Crippen LogP contribution in [0.15, 0.2) is 34.1 Å². The van der Waals surface area contributed by atoms with Crippen LogP contribution in [0.2, 0.25) is 0 Å². The molecule has 1 aromatic carbocycles. The summed E-state index contributed by atoms with van der Waals surface area (Å²) >= 11 is 2.29. The molecule has 24 heavy (non-hydrogen) atoms. The Bertz CT molecular complexity index is 644. The van der Waals surface area contributed by atoms with Crippen LogP contribution >= 0.6 is 23.5 Å². The summed E-state index contributed by atoms with van der Waals surface area (Å²) in [7, 11) is 0. The molecule has 1 amide bonds. The zero-order valence-corrected chi connectivity index (χ0v) is 14.7. The molecule has 0 spiro atoms. The summed E-state index contributed by atoms with van der Waals surface area (Å²) in [5.41, 5.74) is 1.60. The molecule has 130 valence electrons. The van der Waals surface area contributed by atoms with E-state index in [1.54, 1.807) is 12.1 Å². The summed E-state index contributed by atoms with van der Waals surface area (Å²) in [6.07, 6.45) is -1.09. The van der Waals surface area contributed by atoms with Crippen molar-refractivity contribution >= 4 is 35.4 Å². The van der Waals surface area contributed by atoms with Gasteiger partial charge in [-0.15, -0.1) is 23.5 Å². The minimum Gasteiger partial charge on any atom is -0.477 e. The number of carbonyl (C=O) groups excluding carboxylic acids is 1. The van der Waals surface area contributed by atoms with Gasteiger partial charge in [0.25, 0.3) is 5.91 Å². The molecule has 1 aliphatic rings. The van der Waals surface area contributed by atoms with Gasteiger partial charge in [0, 0.05) is 11.5 Å². The van der Waals surface area contributed by atoms with Gasteiger partial charge in [0.1, 0.15) is 11.0 Å². The zero-order chi connectivity index (χ0) is 17.7. The van der Waals surface area contributed by atoms with Crippen LogP contribution in [0.1, 0.15) is 17.2 Å². The van der Waals surface area contributed by atoms with E-state index in [-0.39, 0.29) is 9.81 Å². The third-order valence-electron chi connectivity index (χ3n) is 3.50. The lowest BCUT2D eigenvalue weighted by Gasteiger charge is -2.24. The van der Waals surface area contributed by atoms with Gasteiger partial charge < -0.3 is 20.6 Å². The monoisotopic (exact) mass is 369 g/mol. The highest BCUT2D eigenvalue weighted by Gasteiger charge is 2.29. The molecule has 2 rings (SSSR count). The van der Waals surface area contributed by atoms with Gasteiger partial charge in [-0.2, -0.15) is 0 Å². The number of thioether (sulfide) groups is 2. The van der Waals surface area contributed by atoms with Gasteiger partial charge in [-0.3, -0.25) is 4.79 Å². The van der Waals surface area contributed by atoms with E-state index in [4.69, 9.17) is 0 Å². The molecule has 1 unspecified atom stereocenters. The molecule has 2 atom stereocenters. The standard InChI is InChI=1S/C16H19NO5S2/c1-9-2-4-10(5-3-9)12(19)11(8-18)17-15(20)13-14(16(21)22)24-7-6-23-13/h2-5,11-12,18-19H,6-8H2,1H3,(H,17,20)(H,21,22)/t11?,12-/m0/s1. The fourth-order valence-electron chi connectivity index (χ4n) is 2.20. The number of carbonyl (C=O) groups is 2. The van der Waals surface area contributed by atoms with E-state index >= 15 is 0 Å². The molecule has 0 saturated heterocycles. The molecule has 1 aliphatic heterocycles. The molecule has 8 heteroatoms. The van der Waals surface area contributed by atoms with Gasteiger partial charge in [0.05, 0.1) is 17.6 Å². The van der Waals surface area contributed by atoms with Crippen LogP contribution in [0.3, 0.4) is 0 Å². The molecule has 0 aliphatic carbocycles. The number of aliphatic hydroxyl groups is 2. The van der Waals surface area contributed by atoms with Crippen molar-refractivity contribution in [2.24, 2.45) is 0 Å². The fourth-order valence-corrected chi connectivity index (χ4v) is 4.38. The normalized spacial score (nSPS) is 17.3. The fraction of sp³-hybridized carbons (Fsp3) is 0.375. The van der Waals surface area contributed by atoms with Crippen LogP contribution < -0.4 is 5.32 Å². The first-order chi connectivity index (χ1) is 11.4. The average molecular weight is 369 g/mol. The summed E-state index contributed by atoms with van der Waals surface area (Å²) in [5.74, 6) is -0.473. The number of carboxylic acid groups (broad SMARTS) is 1. The van der Waals surface area contributed by atoms with E-state index in [2.05, 4.69) is 5.32 Å². The smallest absolute Gasteiger partial charge is 0.343 e. The first-order valence-corrected chi connectivity index (χ1v) is 9.30. The molecule has 6 nitrogen and oxygen atoms in total. The molecule has 0 aromatic heterocycles. The summed E-state index contributed by atoms with van der Waals surface area (Å²) < 4.78 is 0. The highest BCUT2D eigenvalue weighted by molar-refractivity contribution is 8.11. The van der Waals surface area contributed by atoms with Crippen molar-refractivity contribution in [2.75, 3.05) is 18.1 Å². The van der Waals surface area contributed by atoms with Crippen LogP contribution in [0.4, 0.5) is 0 Å². The number of rotatable bonds is 6. The average Bonchev–Trinajstić information content (AvgIpc) is 2.59. The summed E-state index contributed by atoms with van der Waals surface area (Å²) in [4.78, 5) is 23.7. The number of hydrogen-bond donors (Lipinski definition) is 4. The Morgan fingerprint density at radius 1 is 1.17 bits per heavy atom. The Labute approximate surface area is 148 Å². The Morgan fingerprint density at radius 2 is 1.75 bits per heavy atom. The molecule has 1 heterocycles. The van der Waals surface area contributed by atoms with Crippen molar-refractivity contribution in [3.05, 3.63) is 45.2 Å². The van der Waals surface area contributed by atoms with Gasteiger partial charge in [-0.1, -0.05) is 29.8 Å². The number of aryl methyl sites for hydroxylation is 1. The molecule has 0 saturated carbocycles. The number of benzene rings is 1. The zero-order valence-electron chi connectivity index (χ0n) is 13.1. The van der Waals surface area contributed by atoms with Gasteiger partial charge in [-0.05, 0) is 12.5 Å². The lowest BCUT2D eigenvalue weighted by atomic mass is 10.0. The topological polar surface area (TPSA) is 107 Å². The second-order valence-corrected chi connectivity index (χ2v) is 7.49. The maximum atomic E-state index is 12.4. The van der Waals surface area contributed by atoms with E-state index < -0.39 is 30.6 Å². The second-order valence-electron chi connectivity index (χ2n) is 5.28. The largest absolute Gasteiger partial charge is 0.477 e. The summed E-state index contributed by atoms with van der Waals surface area (Å²) in [6.45, 7) is 1.45. The van der Waals surface area contributed by atoms with Crippen molar-refractivity contribution < 1.29 is 24.9 Å². The highest BCUT2D eigenvalue weighted by Crippen LogP contribution is 2.34. The van der Waals surface area contributed by atoms with Crippen LogP contribution in [-0.2, 0) is 9.59 Å². The Hall–Kier alpha value is -1.48. The van der Waals surface area contributed by atoms with Gasteiger partial charge in [-0.25, -0.2) is 4.79 Å². The van der Waals surface area contributed by atoms with Crippen LogP contribution in [-0.4, -0.2) is 51.4 Å². The van der Waals surface area contributed by atoms with Gasteiger partial charge in [0.15, 0.2) is 0 Å². The van der Waals surface area contributed by atoms with Crippen LogP contribution in [0.5, 0.6) is 0 Å². The third kappa shape index (κ3) is 4.54. The van der Waals surface area contributed by atoms with E-state index in [1.165, 1.54) is 11.8 Å². The Balaban J connectivity index is 2.15. The molecule has 0 radical (unpaired) electrons.